The summed E-state index contributed by atoms with van der Waals surface area (Å²) in [5, 5.41) is 5.88. The number of quaternary nitrogens is 1. The van der Waals surface area contributed by atoms with Crippen molar-refractivity contribution in [1.82, 2.24) is 4.98 Å². The fourth-order valence-corrected chi connectivity index (χ4v) is 4.20. The number of anilines is 2. The Morgan fingerprint density at radius 3 is 2.54 bits per heavy atom. The van der Waals surface area contributed by atoms with Crippen LogP contribution in [-0.4, -0.2) is 44.1 Å². The number of hydrogen-bond acceptors (Lipinski definition) is 4. The zero-order valence-corrected chi connectivity index (χ0v) is 16.8. The van der Waals surface area contributed by atoms with Crippen molar-refractivity contribution in [3.05, 3.63) is 65.7 Å². The molecule has 2 N–H and O–H groups in total. The fourth-order valence-electron chi connectivity index (χ4n) is 3.37. The third kappa shape index (κ3) is 4.58. The predicted octanol–water partition coefficient (Wildman–Crippen LogP) is 2.33. The lowest BCUT2D eigenvalue weighted by atomic mass is 10.2. The standard InChI is InChI=1S/C22H24N4OS/c1-25-11-13-26(14-12-25)20-9-7-18(8-10-20)23-21(27)15-19-16-28-22(24-19)17-5-3-2-4-6-17/h2-10,16H,11-15H2,1H3,(H,23,27)/p+1. The monoisotopic (exact) mass is 393 g/mol. The van der Waals surface area contributed by atoms with E-state index in [2.05, 4.69) is 34.4 Å². The molecule has 1 fully saturated rings. The number of hydrogen-bond donors (Lipinski definition) is 2. The molecule has 2 aromatic carbocycles. The number of carbonyl (C=O) groups is 1. The molecular formula is C22H25N4OS+. The van der Waals surface area contributed by atoms with Gasteiger partial charge in [-0.1, -0.05) is 30.3 Å². The number of piperazine rings is 1. The number of thiazole rings is 1. The van der Waals surface area contributed by atoms with Crippen LogP contribution < -0.4 is 15.1 Å². The van der Waals surface area contributed by atoms with Gasteiger partial charge in [0.25, 0.3) is 0 Å². The molecule has 1 aliphatic rings. The first-order valence-corrected chi connectivity index (χ1v) is 10.5. The average Bonchev–Trinajstić information content (AvgIpc) is 3.18. The van der Waals surface area contributed by atoms with Crippen LogP contribution in [0.25, 0.3) is 10.6 Å². The first-order chi connectivity index (χ1) is 13.7. The van der Waals surface area contributed by atoms with Crippen molar-refractivity contribution in [1.29, 1.82) is 0 Å². The molecule has 2 heterocycles. The molecule has 6 heteroatoms. The summed E-state index contributed by atoms with van der Waals surface area (Å²) >= 11 is 1.57. The Morgan fingerprint density at radius 1 is 1.11 bits per heavy atom. The van der Waals surface area contributed by atoms with Crippen molar-refractivity contribution >= 4 is 28.6 Å². The third-order valence-corrected chi connectivity index (χ3v) is 5.99. The number of amides is 1. The van der Waals surface area contributed by atoms with Gasteiger partial charge in [-0.2, -0.15) is 0 Å². The van der Waals surface area contributed by atoms with E-state index < -0.39 is 0 Å². The smallest absolute Gasteiger partial charge is 0.230 e. The molecule has 5 nitrogen and oxygen atoms in total. The zero-order chi connectivity index (χ0) is 19.3. The Balaban J connectivity index is 1.33. The van der Waals surface area contributed by atoms with E-state index in [-0.39, 0.29) is 12.3 Å². The summed E-state index contributed by atoms with van der Waals surface area (Å²) in [6.45, 7) is 4.48. The van der Waals surface area contributed by atoms with Gasteiger partial charge in [-0.05, 0) is 24.3 Å². The molecular weight excluding hydrogens is 368 g/mol. The van der Waals surface area contributed by atoms with E-state index in [1.807, 2.05) is 47.8 Å². The van der Waals surface area contributed by atoms with Gasteiger partial charge in [0.15, 0.2) is 0 Å². The third-order valence-electron chi connectivity index (χ3n) is 5.05. The van der Waals surface area contributed by atoms with E-state index in [9.17, 15) is 4.79 Å². The first-order valence-electron chi connectivity index (χ1n) is 9.63. The number of nitrogens with one attached hydrogen (secondary N) is 2. The number of benzene rings is 2. The fraction of sp³-hybridized carbons (Fsp3) is 0.273. The van der Waals surface area contributed by atoms with Gasteiger partial charge in [0, 0.05) is 22.3 Å². The SMILES string of the molecule is C[NH+]1CCN(c2ccc(NC(=O)Cc3csc(-c4ccccc4)n3)cc2)CC1. The Morgan fingerprint density at radius 2 is 1.82 bits per heavy atom. The Labute approximate surface area is 169 Å². The molecule has 0 radical (unpaired) electrons. The normalized spacial score (nSPS) is 14.8. The average molecular weight is 394 g/mol. The van der Waals surface area contributed by atoms with Crippen LogP contribution in [0.1, 0.15) is 5.69 Å². The van der Waals surface area contributed by atoms with Crippen molar-refractivity contribution in [3.8, 4) is 10.6 Å². The quantitative estimate of drug-likeness (QED) is 0.700. The van der Waals surface area contributed by atoms with Crippen LogP contribution in [0.15, 0.2) is 60.0 Å². The van der Waals surface area contributed by atoms with Gasteiger partial charge in [0.2, 0.25) is 5.91 Å². The Bertz CT molecular complexity index is 915. The topological polar surface area (TPSA) is 49.7 Å². The maximum absolute atomic E-state index is 12.4. The highest BCUT2D eigenvalue weighted by Gasteiger charge is 2.17. The van der Waals surface area contributed by atoms with Gasteiger partial charge < -0.3 is 15.1 Å². The number of carbonyl (C=O) groups excluding carboxylic acids is 1. The van der Waals surface area contributed by atoms with Gasteiger partial charge >= 0.3 is 0 Å². The van der Waals surface area contributed by atoms with Crippen LogP contribution in [0.2, 0.25) is 0 Å². The highest BCUT2D eigenvalue weighted by Crippen LogP contribution is 2.24. The lowest BCUT2D eigenvalue weighted by Crippen LogP contribution is -3.12. The van der Waals surface area contributed by atoms with Crippen molar-refractivity contribution in [3.63, 3.8) is 0 Å². The molecule has 1 aromatic heterocycles. The number of aromatic nitrogens is 1. The summed E-state index contributed by atoms with van der Waals surface area (Å²) < 4.78 is 0. The summed E-state index contributed by atoms with van der Waals surface area (Å²) in [6, 6.07) is 18.2. The minimum atomic E-state index is -0.0409. The van der Waals surface area contributed by atoms with Gasteiger partial charge in [-0.3, -0.25) is 4.79 Å². The number of rotatable bonds is 5. The van der Waals surface area contributed by atoms with Crippen LogP contribution in [0, 0.1) is 0 Å². The summed E-state index contributed by atoms with van der Waals surface area (Å²) in [5.41, 5.74) is 3.93. The van der Waals surface area contributed by atoms with Crippen LogP contribution in [0.5, 0.6) is 0 Å². The number of likely N-dealkylation sites (N-methyl/N-ethyl adjacent to an activating group) is 1. The summed E-state index contributed by atoms with van der Waals surface area (Å²) in [5.74, 6) is -0.0409. The van der Waals surface area contributed by atoms with Gasteiger partial charge in [0.05, 0.1) is 45.3 Å². The molecule has 0 aliphatic carbocycles. The summed E-state index contributed by atoms with van der Waals surface area (Å²) in [4.78, 5) is 21.0. The molecule has 0 unspecified atom stereocenters. The first kappa shape index (κ1) is 18.7. The highest BCUT2D eigenvalue weighted by atomic mass is 32.1. The molecule has 0 atom stereocenters. The lowest BCUT2D eigenvalue weighted by molar-refractivity contribution is -0.880. The highest BCUT2D eigenvalue weighted by molar-refractivity contribution is 7.13. The van der Waals surface area contributed by atoms with E-state index in [0.717, 1.165) is 48.1 Å². The van der Waals surface area contributed by atoms with Crippen molar-refractivity contribution < 1.29 is 9.69 Å². The molecule has 28 heavy (non-hydrogen) atoms. The van der Waals surface area contributed by atoms with Crippen LogP contribution in [0.3, 0.4) is 0 Å². The van der Waals surface area contributed by atoms with E-state index >= 15 is 0 Å². The molecule has 3 aromatic rings. The molecule has 1 amide bonds. The second-order valence-electron chi connectivity index (χ2n) is 7.23. The van der Waals surface area contributed by atoms with Gasteiger partial charge in [-0.25, -0.2) is 4.98 Å². The second-order valence-corrected chi connectivity index (χ2v) is 8.08. The van der Waals surface area contributed by atoms with Crippen LogP contribution in [0.4, 0.5) is 11.4 Å². The van der Waals surface area contributed by atoms with Crippen LogP contribution in [-0.2, 0) is 11.2 Å². The van der Waals surface area contributed by atoms with Gasteiger partial charge in [0.1, 0.15) is 5.01 Å². The lowest BCUT2D eigenvalue weighted by Gasteiger charge is -2.31. The summed E-state index contributed by atoms with van der Waals surface area (Å²) in [7, 11) is 2.24. The molecule has 1 aliphatic heterocycles. The molecule has 4 rings (SSSR count). The minimum Gasteiger partial charge on any atom is -0.360 e. The molecule has 0 bridgehead atoms. The van der Waals surface area contributed by atoms with Crippen molar-refractivity contribution in [2.75, 3.05) is 43.4 Å². The van der Waals surface area contributed by atoms with Gasteiger partial charge in [-0.15, -0.1) is 11.3 Å². The predicted molar refractivity (Wildman–Crippen MR) is 115 cm³/mol. The molecule has 0 saturated carbocycles. The molecule has 1 saturated heterocycles. The zero-order valence-electron chi connectivity index (χ0n) is 16.0. The van der Waals surface area contributed by atoms with Crippen LogP contribution >= 0.6 is 11.3 Å². The van der Waals surface area contributed by atoms with E-state index in [1.54, 1.807) is 16.2 Å². The Kier molecular flexibility index (Phi) is 5.69. The second kappa shape index (κ2) is 8.54. The maximum atomic E-state index is 12.4. The van der Waals surface area contributed by atoms with E-state index in [1.165, 1.54) is 5.69 Å². The molecule has 0 spiro atoms. The van der Waals surface area contributed by atoms with E-state index in [4.69, 9.17) is 0 Å². The number of nitrogens with zero attached hydrogens (tertiary/aromatic N) is 2. The van der Waals surface area contributed by atoms with Crippen molar-refractivity contribution in [2.45, 2.75) is 6.42 Å². The van der Waals surface area contributed by atoms with E-state index in [0.29, 0.717) is 0 Å². The maximum Gasteiger partial charge on any atom is 0.230 e. The molecule has 144 valence electrons. The minimum absolute atomic E-state index is 0.0409. The largest absolute Gasteiger partial charge is 0.360 e. The van der Waals surface area contributed by atoms with Crippen molar-refractivity contribution in [2.24, 2.45) is 0 Å². The Hall–Kier alpha value is -2.70. The summed E-state index contributed by atoms with van der Waals surface area (Å²) in [6.07, 6.45) is 0.284.